The molecule has 7 nitrogen and oxygen atoms in total. The van der Waals surface area contributed by atoms with Crippen molar-refractivity contribution in [3.63, 3.8) is 0 Å². The number of anilines is 1. The van der Waals surface area contributed by atoms with Gasteiger partial charge in [0.05, 0.1) is 16.3 Å². The van der Waals surface area contributed by atoms with E-state index in [1.54, 1.807) is 25.1 Å². The maximum absolute atomic E-state index is 10.3. The average Bonchev–Trinajstić information content (AvgIpc) is 2.59. The molecular formula is C18H14Br2N4O3. The molecule has 0 aliphatic heterocycles. The largest absolute Gasteiger partial charge is 0.508 e. The number of rotatable bonds is 4. The first-order chi connectivity index (χ1) is 12.8. The lowest BCUT2D eigenvalue weighted by Gasteiger charge is -2.09. The van der Waals surface area contributed by atoms with Crippen molar-refractivity contribution in [2.75, 3.05) is 5.43 Å². The third-order valence-corrected chi connectivity index (χ3v) is 4.58. The molecule has 0 radical (unpaired) electrons. The number of phenols is 3. The van der Waals surface area contributed by atoms with Gasteiger partial charge in [0, 0.05) is 27.9 Å². The summed E-state index contributed by atoms with van der Waals surface area (Å²) in [5, 5.41) is 33.4. The molecule has 0 bridgehead atoms. The summed E-state index contributed by atoms with van der Waals surface area (Å²) < 4.78 is 1.29. The monoisotopic (exact) mass is 492 g/mol. The zero-order valence-electron chi connectivity index (χ0n) is 14.0. The Balaban J connectivity index is 1.89. The maximum atomic E-state index is 10.3. The first-order valence-electron chi connectivity index (χ1n) is 7.68. The van der Waals surface area contributed by atoms with Crippen molar-refractivity contribution >= 4 is 43.9 Å². The molecule has 1 aromatic heterocycles. The molecule has 0 amide bonds. The number of halogens is 2. The Bertz CT molecular complexity index is 1040. The summed E-state index contributed by atoms with van der Waals surface area (Å²) in [6.45, 7) is 1.80. The topological polar surface area (TPSA) is 111 Å². The third-order valence-electron chi connectivity index (χ3n) is 3.52. The Morgan fingerprint density at radius 2 is 1.81 bits per heavy atom. The van der Waals surface area contributed by atoms with Crippen LogP contribution in [-0.2, 0) is 0 Å². The normalized spacial score (nSPS) is 11.1. The Hall–Kier alpha value is -2.65. The fourth-order valence-corrected chi connectivity index (χ4v) is 3.52. The third kappa shape index (κ3) is 4.55. The second kappa shape index (κ2) is 7.93. The van der Waals surface area contributed by atoms with Crippen LogP contribution in [0.4, 0.5) is 5.82 Å². The van der Waals surface area contributed by atoms with E-state index >= 15 is 0 Å². The summed E-state index contributed by atoms with van der Waals surface area (Å²) in [7, 11) is 0. The maximum Gasteiger partial charge on any atom is 0.165 e. The molecule has 3 rings (SSSR count). The van der Waals surface area contributed by atoms with E-state index in [1.165, 1.54) is 24.4 Å². The summed E-state index contributed by atoms with van der Waals surface area (Å²) >= 11 is 6.68. The first kappa shape index (κ1) is 19.1. The molecule has 0 atom stereocenters. The van der Waals surface area contributed by atoms with Crippen LogP contribution in [0.3, 0.4) is 0 Å². The number of aryl methyl sites for hydroxylation is 1. The molecule has 27 heavy (non-hydrogen) atoms. The first-order valence-corrected chi connectivity index (χ1v) is 9.27. The highest BCUT2D eigenvalue weighted by molar-refractivity contribution is 9.11. The summed E-state index contributed by atoms with van der Waals surface area (Å²) in [6.07, 6.45) is 1.40. The molecule has 0 unspecified atom stereocenters. The van der Waals surface area contributed by atoms with Gasteiger partial charge in [0.1, 0.15) is 17.2 Å². The number of nitrogens with one attached hydrogen (secondary N) is 1. The average molecular weight is 494 g/mol. The second-order valence-electron chi connectivity index (χ2n) is 5.62. The lowest BCUT2D eigenvalue weighted by molar-refractivity contribution is 0.450. The molecule has 0 aliphatic rings. The Kier molecular flexibility index (Phi) is 5.62. The minimum atomic E-state index is -0.0935. The predicted molar refractivity (Wildman–Crippen MR) is 110 cm³/mol. The van der Waals surface area contributed by atoms with Crippen LogP contribution in [0.15, 0.2) is 50.4 Å². The molecule has 0 spiro atoms. The van der Waals surface area contributed by atoms with Gasteiger partial charge < -0.3 is 15.3 Å². The molecule has 0 saturated carbocycles. The van der Waals surface area contributed by atoms with Gasteiger partial charge in [0.2, 0.25) is 0 Å². The smallest absolute Gasteiger partial charge is 0.165 e. The van der Waals surface area contributed by atoms with Crippen molar-refractivity contribution in [2.24, 2.45) is 5.10 Å². The van der Waals surface area contributed by atoms with Gasteiger partial charge in [0.25, 0.3) is 0 Å². The minimum Gasteiger partial charge on any atom is -0.508 e. The van der Waals surface area contributed by atoms with E-state index < -0.39 is 0 Å². The number of nitrogens with zero attached hydrogens (tertiary/aromatic N) is 3. The van der Waals surface area contributed by atoms with Crippen molar-refractivity contribution in [3.05, 3.63) is 56.6 Å². The molecule has 3 aromatic rings. The second-order valence-corrected chi connectivity index (χ2v) is 7.39. The fourth-order valence-electron chi connectivity index (χ4n) is 2.29. The lowest BCUT2D eigenvalue weighted by Crippen LogP contribution is -1.99. The number of aromatic nitrogens is 2. The van der Waals surface area contributed by atoms with Crippen LogP contribution in [0.2, 0.25) is 0 Å². The van der Waals surface area contributed by atoms with Gasteiger partial charge in [-0.3, -0.25) is 5.43 Å². The Morgan fingerprint density at radius 3 is 2.56 bits per heavy atom. The van der Waals surface area contributed by atoms with Crippen LogP contribution in [0.1, 0.15) is 11.3 Å². The van der Waals surface area contributed by atoms with E-state index in [-0.39, 0.29) is 17.2 Å². The predicted octanol–water partition coefficient (Wildman–Crippen LogP) is 4.54. The fraction of sp³-hybridized carbons (Fsp3) is 0.0556. The van der Waals surface area contributed by atoms with Crippen molar-refractivity contribution < 1.29 is 15.3 Å². The van der Waals surface area contributed by atoms with E-state index in [1.807, 2.05) is 0 Å². The van der Waals surface area contributed by atoms with Crippen LogP contribution in [0.25, 0.3) is 11.4 Å². The van der Waals surface area contributed by atoms with Crippen molar-refractivity contribution in [2.45, 2.75) is 6.92 Å². The summed E-state index contributed by atoms with van der Waals surface area (Å²) in [5.74, 6) is 0.659. The van der Waals surface area contributed by atoms with E-state index in [0.29, 0.717) is 32.9 Å². The molecule has 1 heterocycles. The quantitative estimate of drug-likeness (QED) is 0.313. The van der Waals surface area contributed by atoms with Crippen LogP contribution >= 0.6 is 31.9 Å². The van der Waals surface area contributed by atoms with Gasteiger partial charge in [0.15, 0.2) is 11.6 Å². The standard InChI is InChI=1S/C18H14Br2N4O3/c1-9-4-16(24-21-8-10-2-3-12(25)7-15(10)26)23-18(22-9)13-5-11(19)6-14(20)17(13)27/h2-8,25-27H,1H3,(H,22,23,24)/b21-8+. The molecule has 9 heteroatoms. The van der Waals surface area contributed by atoms with Gasteiger partial charge in [-0.1, -0.05) is 15.9 Å². The summed E-state index contributed by atoms with van der Waals surface area (Å²) in [5.41, 5.74) is 4.35. The highest BCUT2D eigenvalue weighted by Gasteiger charge is 2.13. The van der Waals surface area contributed by atoms with Gasteiger partial charge in [-0.05, 0) is 47.1 Å². The Labute approximate surface area is 171 Å². The van der Waals surface area contributed by atoms with Crippen molar-refractivity contribution in [1.82, 2.24) is 9.97 Å². The van der Waals surface area contributed by atoms with Crippen LogP contribution in [0.5, 0.6) is 17.2 Å². The van der Waals surface area contributed by atoms with E-state index in [2.05, 4.69) is 52.4 Å². The van der Waals surface area contributed by atoms with E-state index in [9.17, 15) is 15.3 Å². The molecule has 0 saturated heterocycles. The van der Waals surface area contributed by atoms with Gasteiger partial charge in [-0.2, -0.15) is 5.10 Å². The number of hydrogen-bond acceptors (Lipinski definition) is 7. The zero-order valence-corrected chi connectivity index (χ0v) is 17.2. The zero-order chi connectivity index (χ0) is 19.6. The van der Waals surface area contributed by atoms with E-state index in [0.717, 1.165) is 4.47 Å². The summed E-state index contributed by atoms with van der Waals surface area (Å²) in [6, 6.07) is 9.34. The van der Waals surface area contributed by atoms with Crippen molar-refractivity contribution in [1.29, 1.82) is 0 Å². The SMILES string of the molecule is Cc1cc(N/N=C/c2ccc(O)cc2O)nc(-c2cc(Br)cc(Br)c2O)n1. The number of phenolic OH excluding ortho intramolecular Hbond substituents is 3. The number of benzene rings is 2. The van der Waals surface area contributed by atoms with Gasteiger partial charge in [-0.15, -0.1) is 0 Å². The number of hydrazone groups is 1. The van der Waals surface area contributed by atoms with Crippen LogP contribution in [0, 0.1) is 6.92 Å². The molecule has 2 aromatic carbocycles. The molecular weight excluding hydrogens is 480 g/mol. The van der Waals surface area contributed by atoms with Crippen LogP contribution < -0.4 is 5.43 Å². The molecule has 138 valence electrons. The van der Waals surface area contributed by atoms with Crippen LogP contribution in [-0.4, -0.2) is 31.5 Å². The molecule has 0 aliphatic carbocycles. The lowest BCUT2D eigenvalue weighted by atomic mass is 10.2. The minimum absolute atomic E-state index is 0.0336. The molecule has 0 fully saturated rings. The Morgan fingerprint density at radius 1 is 1.04 bits per heavy atom. The molecule has 4 N–H and O–H groups in total. The summed E-state index contributed by atoms with van der Waals surface area (Å²) in [4.78, 5) is 8.74. The highest BCUT2D eigenvalue weighted by Crippen LogP contribution is 2.37. The highest BCUT2D eigenvalue weighted by atomic mass is 79.9. The van der Waals surface area contributed by atoms with E-state index in [4.69, 9.17) is 0 Å². The van der Waals surface area contributed by atoms with Crippen molar-refractivity contribution in [3.8, 4) is 28.6 Å². The number of aromatic hydroxyl groups is 3. The van der Waals surface area contributed by atoms with Gasteiger partial charge in [-0.25, -0.2) is 9.97 Å². The van der Waals surface area contributed by atoms with Gasteiger partial charge >= 0.3 is 0 Å². The number of hydrogen-bond donors (Lipinski definition) is 4.